The maximum atomic E-state index is 4.33. The highest BCUT2D eigenvalue weighted by atomic mass is 79.9. The fourth-order valence-electron chi connectivity index (χ4n) is 1.69. The first-order valence-corrected chi connectivity index (χ1v) is 5.15. The summed E-state index contributed by atoms with van der Waals surface area (Å²) in [5.41, 5.74) is 0.940. The predicted molar refractivity (Wildman–Crippen MR) is 61.3 cm³/mol. The number of hydrogen-bond acceptors (Lipinski definition) is 1. The molecule has 0 radical (unpaired) electrons. The molecule has 2 heterocycles. The van der Waals surface area contributed by atoms with Crippen LogP contribution in [0.1, 0.15) is 0 Å². The molecule has 68 valence electrons. The van der Waals surface area contributed by atoms with Crippen molar-refractivity contribution in [1.29, 1.82) is 0 Å². The number of aromatic nitrogens is 2. The molecule has 3 rings (SSSR count). The zero-order chi connectivity index (χ0) is 9.54. The molecule has 3 aromatic rings. The number of hydrogen-bond donors (Lipinski definition) is 1. The Kier molecular flexibility index (Phi) is 1.61. The smallest absolute Gasteiger partial charge is 0.137 e. The molecule has 0 spiro atoms. The van der Waals surface area contributed by atoms with Crippen molar-refractivity contribution in [3.8, 4) is 0 Å². The van der Waals surface area contributed by atoms with Crippen molar-refractivity contribution in [3.05, 3.63) is 41.1 Å². The Morgan fingerprint density at radius 1 is 1.14 bits per heavy atom. The minimum Gasteiger partial charge on any atom is -0.346 e. The number of aromatic amines is 1. The van der Waals surface area contributed by atoms with Gasteiger partial charge in [0.1, 0.15) is 5.65 Å². The largest absolute Gasteiger partial charge is 0.346 e. The molecule has 2 nitrogen and oxygen atoms in total. The minimum atomic E-state index is 0.940. The molecule has 14 heavy (non-hydrogen) atoms. The van der Waals surface area contributed by atoms with E-state index >= 15 is 0 Å². The predicted octanol–water partition coefficient (Wildman–Crippen LogP) is 3.48. The van der Waals surface area contributed by atoms with Crippen LogP contribution in [-0.2, 0) is 0 Å². The van der Waals surface area contributed by atoms with Gasteiger partial charge in [0, 0.05) is 27.6 Å². The number of nitrogens with one attached hydrogen (secondary N) is 1. The number of benzene rings is 1. The van der Waals surface area contributed by atoms with E-state index in [9.17, 15) is 0 Å². The average molecular weight is 247 g/mol. The summed E-state index contributed by atoms with van der Waals surface area (Å²) in [5, 5.41) is 3.56. The Labute approximate surface area is 89.1 Å². The van der Waals surface area contributed by atoms with Gasteiger partial charge in [0.05, 0.1) is 0 Å². The lowest BCUT2D eigenvalue weighted by Gasteiger charge is -1.99. The van der Waals surface area contributed by atoms with Crippen LogP contribution in [0.5, 0.6) is 0 Å². The third-order valence-corrected chi connectivity index (χ3v) is 2.86. The Hall–Kier alpha value is -1.35. The van der Waals surface area contributed by atoms with Crippen LogP contribution in [0.2, 0.25) is 0 Å². The highest BCUT2D eigenvalue weighted by molar-refractivity contribution is 9.10. The van der Waals surface area contributed by atoms with Crippen molar-refractivity contribution in [1.82, 2.24) is 9.97 Å². The van der Waals surface area contributed by atoms with Crippen molar-refractivity contribution in [2.75, 3.05) is 0 Å². The Bertz CT molecular complexity index is 613. The number of halogens is 1. The lowest BCUT2D eigenvalue weighted by molar-refractivity contribution is 1.34. The molecule has 0 atom stereocenters. The third-order valence-electron chi connectivity index (χ3n) is 2.36. The van der Waals surface area contributed by atoms with E-state index in [1.807, 2.05) is 18.5 Å². The normalized spacial score (nSPS) is 11.2. The second-order valence-electron chi connectivity index (χ2n) is 3.23. The van der Waals surface area contributed by atoms with E-state index < -0.39 is 0 Å². The van der Waals surface area contributed by atoms with Crippen molar-refractivity contribution in [2.45, 2.75) is 0 Å². The number of pyridine rings is 1. The van der Waals surface area contributed by atoms with Crippen LogP contribution in [0, 0.1) is 0 Å². The molecule has 0 fully saturated rings. The van der Waals surface area contributed by atoms with Crippen LogP contribution in [0.15, 0.2) is 41.1 Å². The van der Waals surface area contributed by atoms with Crippen LogP contribution in [0.25, 0.3) is 21.8 Å². The fraction of sp³-hybridized carbons (Fsp3) is 0. The van der Waals surface area contributed by atoms with Gasteiger partial charge < -0.3 is 4.98 Å². The molecule has 0 unspecified atom stereocenters. The van der Waals surface area contributed by atoms with Crippen LogP contribution < -0.4 is 0 Å². The molecule has 3 heteroatoms. The first-order valence-electron chi connectivity index (χ1n) is 4.36. The lowest BCUT2D eigenvalue weighted by atomic mass is 10.1. The van der Waals surface area contributed by atoms with E-state index in [4.69, 9.17) is 0 Å². The average Bonchev–Trinajstić information content (AvgIpc) is 2.65. The monoisotopic (exact) mass is 246 g/mol. The van der Waals surface area contributed by atoms with Gasteiger partial charge in [-0.15, -0.1) is 0 Å². The molecule has 0 bridgehead atoms. The van der Waals surface area contributed by atoms with Crippen LogP contribution in [0.3, 0.4) is 0 Å². The molecule has 0 saturated carbocycles. The standard InChI is InChI=1S/C11H7BrN2/c12-8-2-1-7-6-14-11-9(3-4-13-11)10(7)5-8/h1-6H,(H,13,14). The summed E-state index contributed by atoms with van der Waals surface area (Å²) in [6, 6.07) is 8.27. The zero-order valence-corrected chi connectivity index (χ0v) is 8.88. The van der Waals surface area contributed by atoms with Crippen molar-refractivity contribution >= 4 is 37.7 Å². The first kappa shape index (κ1) is 8.00. The third kappa shape index (κ3) is 1.06. The van der Waals surface area contributed by atoms with Crippen molar-refractivity contribution < 1.29 is 0 Å². The summed E-state index contributed by atoms with van der Waals surface area (Å²) in [6.07, 6.45) is 3.80. The van der Waals surface area contributed by atoms with E-state index in [1.54, 1.807) is 0 Å². The number of H-pyrrole nitrogens is 1. The SMILES string of the molecule is Brc1ccc2cnc3[nH]ccc3c2c1. The van der Waals surface area contributed by atoms with Crippen LogP contribution >= 0.6 is 15.9 Å². The molecule has 0 aliphatic carbocycles. The second-order valence-corrected chi connectivity index (χ2v) is 4.15. The molecular weight excluding hydrogens is 240 g/mol. The molecular formula is C11H7BrN2. The maximum Gasteiger partial charge on any atom is 0.137 e. The summed E-state index contributed by atoms with van der Waals surface area (Å²) in [6.45, 7) is 0. The van der Waals surface area contributed by atoms with Gasteiger partial charge in [-0.05, 0) is 23.6 Å². The van der Waals surface area contributed by atoms with Gasteiger partial charge in [-0.1, -0.05) is 22.0 Å². The van der Waals surface area contributed by atoms with Crippen molar-refractivity contribution in [2.24, 2.45) is 0 Å². The Morgan fingerprint density at radius 3 is 3.00 bits per heavy atom. The zero-order valence-electron chi connectivity index (χ0n) is 7.29. The fourth-order valence-corrected chi connectivity index (χ4v) is 2.05. The minimum absolute atomic E-state index is 0.940. The Morgan fingerprint density at radius 2 is 2.07 bits per heavy atom. The second kappa shape index (κ2) is 2.82. The van der Waals surface area contributed by atoms with Gasteiger partial charge in [-0.3, -0.25) is 0 Å². The molecule has 0 saturated heterocycles. The lowest BCUT2D eigenvalue weighted by Crippen LogP contribution is -1.79. The molecule has 0 aliphatic rings. The summed E-state index contributed by atoms with van der Waals surface area (Å²) in [5.74, 6) is 0. The topological polar surface area (TPSA) is 28.7 Å². The van der Waals surface area contributed by atoms with Crippen LogP contribution in [-0.4, -0.2) is 9.97 Å². The number of rotatable bonds is 0. The van der Waals surface area contributed by atoms with Gasteiger partial charge in [0.2, 0.25) is 0 Å². The van der Waals surface area contributed by atoms with E-state index in [-0.39, 0.29) is 0 Å². The van der Waals surface area contributed by atoms with Gasteiger partial charge in [0.25, 0.3) is 0 Å². The van der Waals surface area contributed by atoms with Gasteiger partial charge >= 0.3 is 0 Å². The van der Waals surface area contributed by atoms with E-state index in [1.165, 1.54) is 16.2 Å². The van der Waals surface area contributed by atoms with E-state index in [0.29, 0.717) is 0 Å². The van der Waals surface area contributed by atoms with Gasteiger partial charge in [-0.25, -0.2) is 4.98 Å². The van der Waals surface area contributed by atoms with Gasteiger partial charge in [-0.2, -0.15) is 0 Å². The highest BCUT2D eigenvalue weighted by Gasteiger charge is 2.02. The summed E-state index contributed by atoms with van der Waals surface area (Å²) in [7, 11) is 0. The summed E-state index contributed by atoms with van der Waals surface area (Å²) >= 11 is 3.48. The number of fused-ring (bicyclic) bond motifs is 3. The maximum absolute atomic E-state index is 4.33. The van der Waals surface area contributed by atoms with E-state index in [2.05, 4.69) is 44.1 Å². The highest BCUT2D eigenvalue weighted by Crippen LogP contribution is 2.25. The summed E-state index contributed by atoms with van der Waals surface area (Å²) in [4.78, 5) is 7.43. The molecule has 1 aromatic carbocycles. The quantitative estimate of drug-likeness (QED) is 0.647. The summed E-state index contributed by atoms with van der Waals surface area (Å²) < 4.78 is 1.10. The molecule has 0 aliphatic heterocycles. The van der Waals surface area contributed by atoms with Crippen molar-refractivity contribution in [3.63, 3.8) is 0 Å². The molecule has 1 N–H and O–H groups in total. The Balaban J connectivity index is 2.60. The van der Waals surface area contributed by atoms with E-state index in [0.717, 1.165) is 10.1 Å². The van der Waals surface area contributed by atoms with Gasteiger partial charge in [0.15, 0.2) is 0 Å². The first-order chi connectivity index (χ1) is 6.84. The van der Waals surface area contributed by atoms with Crippen LogP contribution in [0.4, 0.5) is 0 Å². The number of nitrogens with zero attached hydrogens (tertiary/aromatic N) is 1. The molecule has 2 aromatic heterocycles. The molecule has 0 amide bonds.